The molecule has 0 bridgehead atoms. The van der Waals surface area contributed by atoms with Crippen LogP contribution in [0.25, 0.3) is 0 Å². The standard InChI is InChI=1S/C12H15N3S/c1-8-5-4-6-9(2)12(8)13-7-11-15-14-10(3)16-11/h4-6,13H,7H2,1-3H3. The zero-order chi connectivity index (χ0) is 11.5. The fourth-order valence-electron chi connectivity index (χ4n) is 1.67. The minimum atomic E-state index is 0.747. The second-order valence-corrected chi connectivity index (χ2v) is 5.10. The Morgan fingerprint density at radius 1 is 1.12 bits per heavy atom. The smallest absolute Gasteiger partial charge is 0.136 e. The molecule has 1 N–H and O–H groups in total. The molecule has 1 aromatic heterocycles. The van der Waals surface area contributed by atoms with E-state index in [1.165, 1.54) is 16.8 Å². The van der Waals surface area contributed by atoms with E-state index >= 15 is 0 Å². The van der Waals surface area contributed by atoms with Gasteiger partial charge in [-0.15, -0.1) is 10.2 Å². The van der Waals surface area contributed by atoms with Crippen LogP contribution in [0.3, 0.4) is 0 Å². The van der Waals surface area contributed by atoms with Crippen LogP contribution in [0.2, 0.25) is 0 Å². The van der Waals surface area contributed by atoms with Crippen LogP contribution >= 0.6 is 11.3 Å². The van der Waals surface area contributed by atoms with Gasteiger partial charge in [-0.1, -0.05) is 29.5 Å². The maximum absolute atomic E-state index is 4.10. The fourth-order valence-corrected chi connectivity index (χ4v) is 2.31. The van der Waals surface area contributed by atoms with Gasteiger partial charge in [-0.2, -0.15) is 0 Å². The topological polar surface area (TPSA) is 37.8 Å². The SMILES string of the molecule is Cc1nnc(CNc2c(C)cccc2C)s1. The number of anilines is 1. The lowest BCUT2D eigenvalue weighted by atomic mass is 10.1. The number of rotatable bonds is 3. The minimum absolute atomic E-state index is 0.747. The van der Waals surface area contributed by atoms with E-state index < -0.39 is 0 Å². The van der Waals surface area contributed by atoms with Crippen molar-refractivity contribution in [2.75, 3.05) is 5.32 Å². The molecular weight excluding hydrogens is 218 g/mol. The molecule has 0 spiro atoms. The summed E-state index contributed by atoms with van der Waals surface area (Å²) in [5.41, 5.74) is 3.73. The normalized spacial score (nSPS) is 10.4. The molecule has 0 saturated carbocycles. The molecule has 0 fully saturated rings. The van der Waals surface area contributed by atoms with Crippen molar-refractivity contribution in [3.8, 4) is 0 Å². The summed E-state index contributed by atoms with van der Waals surface area (Å²) in [5.74, 6) is 0. The van der Waals surface area contributed by atoms with Gasteiger partial charge in [0.25, 0.3) is 0 Å². The molecule has 2 rings (SSSR count). The maximum Gasteiger partial charge on any atom is 0.136 e. The van der Waals surface area contributed by atoms with Crippen LogP contribution in [0.1, 0.15) is 21.1 Å². The third-order valence-corrected chi connectivity index (χ3v) is 3.30. The number of hydrogen-bond donors (Lipinski definition) is 1. The molecule has 1 aromatic carbocycles. The fraction of sp³-hybridized carbons (Fsp3) is 0.333. The molecule has 4 heteroatoms. The predicted octanol–water partition coefficient (Wildman–Crippen LogP) is 3.08. The highest BCUT2D eigenvalue weighted by Crippen LogP contribution is 2.20. The molecule has 2 aromatic rings. The molecule has 0 aliphatic carbocycles. The number of para-hydroxylation sites is 1. The molecule has 0 radical (unpaired) electrons. The molecular formula is C12H15N3S. The summed E-state index contributed by atoms with van der Waals surface area (Å²) in [6.45, 7) is 6.94. The van der Waals surface area contributed by atoms with Gasteiger partial charge >= 0.3 is 0 Å². The Kier molecular flexibility index (Phi) is 3.19. The molecule has 0 aliphatic heterocycles. The van der Waals surface area contributed by atoms with Gasteiger partial charge in [0.1, 0.15) is 10.0 Å². The average molecular weight is 233 g/mol. The van der Waals surface area contributed by atoms with E-state index in [9.17, 15) is 0 Å². The molecule has 0 aliphatic rings. The number of aryl methyl sites for hydroxylation is 3. The van der Waals surface area contributed by atoms with Crippen molar-refractivity contribution >= 4 is 17.0 Å². The molecule has 16 heavy (non-hydrogen) atoms. The van der Waals surface area contributed by atoms with Gasteiger partial charge in [0.05, 0.1) is 6.54 Å². The first-order valence-corrected chi connectivity index (χ1v) is 6.07. The van der Waals surface area contributed by atoms with Crippen LogP contribution in [0.15, 0.2) is 18.2 Å². The van der Waals surface area contributed by atoms with Crippen molar-refractivity contribution < 1.29 is 0 Å². The largest absolute Gasteiger partial charge is 0.378 e. The van der Waals surface area contributed by atoms with Gasteiger partial charge in [0.15, 0.2) is 0 Å². The van der Waals surface area contributed by atoms with Crippen LogP contribution in [-0.4, -0.2) is 10.2 Å². The molecule has 0 atom stereocenters. The van der Waals surface area contributed by atoms with E-state index in [2.05, 4.69) is 47.6 Å². The number of nitrogens with zero attached hydrogens (tertiary/aromatic N) is 2. The number of nitrogens with one attached hydrogen (secondary N) is 1. The molecule has 0 saturated heterocycles. The monoisotopic (exact) mass is 233 g/mol. The summed E-state index contributed by atoms with van der Waals surface area (Å²) in [6.07, 6.45) is 0. The second kappa shape index (κ2) is 4.61. The number of hydrogen-bond acceptors (Lipinski definition) is 4. The lowest BCUT2D eigenvalue weighted by molar-refractivity contribution is 0.968. The highest BCUT2D eigenvalue weighted by atomic mass is 32.1. The van der Waals surface area contributed by atoms with Gasteiger partial charge in [0.2, 0.25) is 0 Å². The van der Waals surface area contributed by atoms with Crippen LogP contribution in [0, 0.1) is 20.8 Å². The van der Waals surface area contributed by atoms with Crippen LogP contribution in [0.5, 0.6) is 0 Å². The molecule has 3 nitrogen and oxygen atoms in total. The molecule has 0 unspecified atom stereocenters. The zero-order valence-electron chi connectivity index (χ0n) is 9.74. The first-order valence-electron chi connectivity index (χ1n) is 5.26. The van der Waals surface area contributed by atoms with E-state index in [4.69, 9.17) is 0 Å². The second-order valence-electron chi connectivity index (χ2n) is 3.84. The number of benzene rings is 1. The van der Waals surface area contributed by atoms with Crippen molar-refractivity contribution in [2.24, 2.45) is 0 Å². The Morgan fingerprint density at radius 2 is 1.81 bits per heavy atom. The van der Waals surface area contributed by atoms with Crippen molar-refractivity contribution in [1.29, 1.82) is 0 Å². The summed E-state index contributed by atoms with van der Waals surface area (Å²) in [6, 6.07) is 6.30. The lowest BCUT2D eigenvalue weighted by Crippen LogP contribution is -2.02. The summed E-state index contributed by atoms with van der Waals surface area (Å²) >= 11 is 1.63. The third kappa shape index (κ3) is 2.39. The third-order valence-electron chi connectivity index (χ3n) is 2.47. The van der Waals surface area contributed by atoms with Crippen LogP contribution in [0.4, 0.5) is 5.69 Å². The first kappa shape index (κ1) is 11.1. The van der Waals surface area contributed by atoms with Gasteiger partial charge in [0, 0.05) is 5.69 Å². The van der Waals surface area contributed by atoms with Crippen LogP contribution in [-0.2, 0) is 6.54 Å². The molecule has 1 heterocycles. The molecule has 0 amide bonds. The highest BCUT2D eigenvalue weighted by molar-refractivity contribution is 7.11. The Morgan fingerprint density at radius 3 is 2.38 bits per heavy atom. The van der Waals surface area contributed by atoms with Gasteiger partial charge in [-0.25, -0.2) is 0 Å². The highest BCUT2D eigenvalue weighted by Gasteiger charge is 2.03. The van der Waals surface area contributed by atoms with Crippen molar-refractivity contribution in [1.82, 2.24) is 10.2 Å². The first-order chi connectivity index (χ1) is 7.66. The summed E-state index contributed by atoms with van der Waals surface area (Å²) in [7, 11) is 0. The summed E-state index contributed by atoms with van der Waals surface area (Å²) in [5, 5.41) is 13.6. The van der Waals surface area contributed by atoms with E-state index in [1.807, 2.05) is 6.92 Å². The summed E-state index contributed by atoms with van der Waals surface area (Å²) < 4.78 is 0. The zero-order valence-corrected chi connectivity index (χ0v) is 10.6. The van der Waals surface area contributed by atoms with Gasteiger partial charge in [-0.05, 0) is 31.9 Å². The van der Waals surface area contributed by atoms with E-state index in [0.29, 0.717) is 0 Å². The Balaban J connectivity index is 2.10. The van der Waals surface area contributed by atoms with Gasteiger partial charge < -0.3 is 5.32 Å². The molecule has 84 valence electrons. The Hall–Kier alpha value is -1.42. The van der Waals surface area contributed by atoms with E-state index in [-0.39, 0.29) is 0 Å². The lowest BCUT2D eigenvalue weighted by Gasteiger charge is -2.10. The minimum Gasteiger partial charge on any atom is -0.378 e. The van der Waals surface area contributed by atoms with Gasteiger partial charge in [-0.3, -0.25) is 0 Å². The number of aromatic nitrogens is 2. The van der Waals surface area contributed by atoms with Crippen molar-refractivity contribution in [2.45, 2.75) is 27.3 Å². The van der Waals surface area contributed by atoms with E-state index in [0.717, 1.165) is 16.6 Å². The van der Waals surface area contributed by atoms with Crippen molar-refractivity contribution in [3.63, 3.8) is 0 Å². The Labute approximate surface area is 99.5 Å². The summed E-state index contributed by atoms with van der Waals surface area (Å²) in [4.78, 5) is 0. The van der Waals surface area contributed by atoms with Crippen LogP contribution < -0.4 is 5.32 Å². The Bertz CT molecular complexity index is 471. The van der Waals surface area contributed by atoms with Crippen molar-refractivity contribution in [3.05, 3.63) is 39.3 Å². The maximum atomic E-state index is 4.10. The quantitative estimate of drug-likeness (QED) is 0.885. The van der Waals surface area contributed by atoms with E-state index in [1.54, 1.807) is 11.3 Å². The average Bonchev–Trinajstić information content (AvgIpc) is 2.63. The predicted molar refractivity (Wildman–Crippen MR) is 67.9 cm³/mol.